The van der Waals surface area contributed by atoms with Crippen molar-refractivity contribution in [2.75, 3.05) is 19.8 Å². The number of hydrogen-bond donors (Lipinski definition) is 1. The zero-order chi connectivity index (χ0) is 15.5. The van der Waals surface area contributed by atoms with Crippen molar-refractivity contribution >= 4 is 0 Å². The van der Waals surface area contributed by atoms with Crippen molar-refractivity contribution in [3.05, 3.63) is 12.2 Å². The van der Waals surface area contributed by atoms with E-state index in [9.17, 15) is 0 Å². The van der Waals surface area contributed by atoms with Crippen molar-refractivity contribution in [1.82, 2.24) is 20.1 Å². The minimum atomic E-state index is 0.414. The summed E-state index contributed by atoms with van der Waals surface area (Å²) in [6, 6.07) is 0.414. The first kappa shape index (κ1) is 18.1. The zero-order valence-electron chi connectivity index (χ0n) is 14.1. The molecule has 0 bridgehead atoms. The molecule has 0 aromatic carbocycles. The van der Waals surface area contributed by atoms with Crippen molar-refractivity contribution in [1.29, 1.82) is 0 Å². The summed E-state index contributed by atoms with van der Waals surface area (Å²) in [6.45, 7) is 12.4. The van der Waals surface area contributed by atoms with Crippen LogP contribution in [0.25, 0.3) is 0 Å². The first-order valence-electron chi connectivity index (χ1n) is 8.35. The van der Waals surface area contributed by atoms with Crippen LogP contribution in [0, 0.1) is 5.92 Å². The second kappa shape index (κ2) is 10.7. The van der Waals surface area contributed by atoms with E-state index in [4.69, 9.17) is 4.74 Å². The van der Waals surface area contributed by atoms with E-state index >= 15 is 0 Å². The van der Waals surface area contributed by atoms with Crippen LogP contribution in [0.3, 0.4) is 0 Å². The molecule has 0 aliphatic rings. The fourth-order valence-corrected chi connectivity index (χ4v) is 2.26. The van der Waals surface area contributed by atoms with Crippen molar-refractivity contribution in [2.45, 2.75) is 66.0 Å². The van der Waals surface area contributed by atoms with E-state index < -0.39 is 0 Å². The quantitative estimate of drug-likeness (QED) is 0.603. The topological polar surface area (TPSA) is 52.0 Å². The summed E-state index contributed by atoms with van der Waals surface area (Å²) in [6.07, 6.45) is 5.83. The highest BCUT2D eigenvalue weighted by molar-refractivity contribution is 4.90. The summed E-state index contributed by atoms with van der Waals surface area (Å²) < 4.78 is 7.66. The SMILES string of the molecule is CCCNC(CCOCCC)Cc1ncnn1CC(C)C. The maximum atomic E-state index is 5.62. The maximum Gasteiger partial charge on any atom is 0.138 e. The monoisotopic (exact) mass is 296 g/mol. The third-order valence-electron chi connectivity index (χ3n) is 3.30. The van der Waals surface area contributed by atoms with Gasteiger partial charge in [0.05, 0.1) is 0 Å². The average Bonchev–Trinajstić information content (AvgIpc) is 2.87. The zero-order valence-corrected chi connectivity index (χ0v) is 14.1. The van der Waals surface area contributed by atoms with Crippen LogP contribution < -0.4 is 5.32 Å². The van der Waals surface area contributed by atoms with E-state index in [1.54, 1.807) is 6.33 Å². The van der Waals surface area contributed by atoms with Crippen molar-refractivity contribution in [2.24, 2.45) is 5.92 Å². The summed E-state index contributed by atoms with van der Waals surface area (Å²) >= 11 is 0. The predicted octanol–water partition coefficient (Wildman–Crippen LogP) is 2.66. The van der Waals surface area contributed by atoms with Gasteiger partial charge in [-0.3, -0.25) is 0 Å². The second-order valence-electron chi connectivity index (χ2n) is 6.01. The molecule has 0 aliphatic heterocycles. The number of ether oxygens (including phenoxy) is 1. The van der Waals surface area contributed by atoms with E-state index in [1.807, 2.05) is 4.68 Å². The molecular formula is C16H32N4O. The van der Waals surface area contributed by atoms with Gasteiger partial charge >= 0.3 is 0 Å². The van der Waals surface area contributed by atoms with E-state index in [1.165, 1.54) is 0 Å². The minimum Gasteiger partial charge on any atom is -0.381 e. The molecule has 1 N–H and O–H groups in total. The summed E-state index contributed by atoms with van der Waals surface area (Å²) in [5.41, 5.74) is 0. The molecule has 5 heteroatoms. The number of rotatable bonds is 12. The number of nitrogens with one attached hydrogen (secondary N) is 1. The average molecular weight is 296 g/mol. The molecule has 1 aromatic heterocycles. The molecule has 0 saturated heterocycles. The molecule has 1 aromatic rings. The Hall–Kier alpha value is -0.940. The highest BCUT2D eigenvalue weighted by Crippen LogP contribution is 2.07. The molecule has 0 spiro atoms. The second-order valence-corrected chi connectivity index (χ2v) is 6.01. The smallest absolute Gasteiger partial charge is 0.138 e. The van der Waals surface area contributed by atoms with Gasteiger partial charge in [0.15, 0.2) is 0 Å². The van der Waals surface area contributed by atoms with Crippen molar-refractivity contribution in [3.8, 4) is 0 Å². The maximum absolute atomic E-state index is 5.62. The Morgan fingerprint density at radius 3 is 2.71 bits per heavy atom. The summed E-state index contributed by atoms with van der Waals surface area (Å²) in [5.74, 6) is 1.66. The Labute approximate surface area is 129 Å². The van der Waals surface area contributed by atoms with Gasteiger partial charge in [0.1, 0.15) is 12.2 Å². The molecule has 21 heavy (non-hydrogen) atoms. The molecule has 0 radical (unpaired) electrons. The van der Waals surface area contributed by atoms with Gasteiger partial charge in [0, 0.05) is 32.2 Å². The van der Waals surface area contributed by atoms with Gasteiger partial charge < -0.3 is 10.1 Å². The molecular weight excluding hydrogens is 264 g/mol. The molecule has 0 aliphatic carbocycles. The first-order chi connectivity index (χ1) is 10.2. The summed E-state index contributed by atoms with van der Waals surface area (Å²) in [4.78, 5) is 4.43. The van der Waals surface area contributed by atoms with E-state index in [0.29, 0.717) is 12.0 Å². The van der Waals surface area contributed by atoms with Gasteiger partial charge in [-0.2, -0.15) is 5.10 Å². The number of nitrogens with zero attached hydrogens (tertiary/aromatic N) is 3. The van der Waals surface area contributed by atoms with Crippen LogP contribution >= 0.6 is 0 Å². The summed E-state index contributed by atoms with van der Waals surface area (Å²) in [5, 5.41) is 7.95. The van der Waals surface area contributed by atoms with Gasteiger partial charge in [-0.1, -0.05) is 27.7 Å². The Bertz CT molecular complexity index is 365. The lowest BCUT2D eigenvalue weighted by Gasteiger charge is -2.19. The molecule has 0 saturated carbocycles. The Kier molecular flexibility index (Phi) is 9.26. The fraction of sp³-hybridized carbons (Fsp3) is 0.875. The molecule has 122 valence electrons. The predicted molar refractivity (Wildman–Crippen MR) is 86.4 cm³/mol. The molecule has 5 nitrogen and oxygen atoms in total. The Morgan fingerprint density at radius 2 is 2.05 bits per heavy atom. The van der Waals surface area contributed by atoms with Crippen LogP contribution in [-0.2, 0) is 17.7 Å². The Balaban J connectivity index is 2.52. The molecule has 0 amide bonds. The van der Waals surface area contributed by atoms with Crippen molar-refractivity contribution in [3.63, 3.8) is 0 Å². The van der Waals surface area contributed by atoms with E-state index in [0.717, 1.165) is 57.8 Å². The van der Waals surface area contributed by atoms with Crippen LogP contribution in [-0.4, -0.2) is 40.6 Å². The lowest BCUT2D eigenvalue weighted by Crippen LogP contribution is -2.34. The van der Waals surface area contributed by atoms with Crippen LogP contribution in [0.5, 0.6) is 0 Å². The highest BCUT2D eigenvalue weighted by Gasteiger charge is 2.14. The third-order valence-corrected chi connectivity index (χ3v) is 3.30. The fourth-order valence-electron chi connectivity index (χ4n) is 2.26. The molecule has 1 atom stereocenters. The van der Waals surface area contributed by atoms with Gasteiger partial charge in [-0.25, -0.2) is 9.67 Å². The minimum absolute atomic E-state index is 0.414. The Morgan fingerprint density at radius 1 is 1.24 bits per heavy atom. The lowest BCUT2D eigenvalue weighted by atomic mass is 10.1. The normalized spacial score (nSPS) is 13.0. The number of hydrogen-bond acceptors (Lipinski definition) is 4. The van der Waals surface area contributed by atoms with Crippen LogP contribution in [0.4, 0.5) is 0 Å². The summed E-state index contributed by atoms with van der Waals surface area (Å²) in [7, 11) is 0. The molecule has 1 rings (SSSR count). The molecule has 1 heterocycles. The first-order valence-corrected chi connectivity index (χ1v) is 8.35. The van der Waals surface area contributed by atoms with E-state index in [-0.39, 0.29) is 0 Å². The lowest BCUT2D eigenvalue weighted by molar-refractivity contribution is 0.124. The van der Waals surface area contributed by atoms with Gasteiger partial charge in [-0.15, -0.1) is 0 Å². The highest BCUT2D eigenvalue weighted by atomic mass is 16.5. The van der Waals surface area contributed by atoms with Gasteiger partial charge in [0.25, 0.3) is 0 Å². The van der Waals surface area contributed by atoms with Crippen LogP contribution in [0.2, 0.25) is 0 Å². The standard InChI is InChI=1S/C16H32N4O/c1-5-8-17-15(7-10-21-9-6-2)11-16-18-13-19-20(16)12-14(3)4/h13-15,17H,5-12H2,1-4H3. The molecule has 0 fully saturated rings. The van der Waals surface area contributed by atoms with E-state index in [2.05, 4.69) is 43.1 Å². The van der Waals surface area contributed by atoms with Crippen molar-refractivity contribution < 1.29 is 4.74 Å². The van der Waals surface area contributed by atoms with Crippen LogP contribution in [0.15, 0.2) is 6.33 Å². The van der Waals surface area contributed by atoms with Gasteiger partial charge in [0.2, 0.25) is 0 Å². The van der Waals surface area contributed by atoms with Gasteiger partial charge in [-0.05, 0) is 31.7 Å². The third kappa shape index (κ3) is 7.58. The largest absolute Gasteiger partial charge is 0.381 e. The van der Waals surface area contributed by atoms with Crippen LogP contribution in [0.1, 0.15) is 52.8 Å². The number of aromatic nitrogens is 3. The molecule has 1 unspecified atom stereocenters.